The van der Waals surface area contributed by atoms with Gasteiger partial charge in [-0.1, -0.05) is 25.1 Å². The van der Waals surface area contributed by atoms with Crippen molar-refractivity contribution in [2.45, 2.75) is 44.8 Å². The summed E-state index contributed by atoms with van der Waals surface area (Å²) in [5.74, 6) is 0.0899. The Balaban J connectivity index is 1.44. The van der Waals surface area contributed by atoms with Gasteiger partial charge in [0.05, 0.1) is 6.04 Å². The number of carbonyl (C=O) groups is 2. The third-order valence-corrected chi connectivity index (χ3v) is 6.02. The second kappa shape index (κ2) is 8.50. The van der Waals surface area contributed by atoms with Gasteiger partial charge in [0.2, 0.25) is 0 Å². The number of rotatable bonds is 4. The van der Waals surface area contributed by atoms with Crippen LogP contribution >= 0.6 is 0 Å². The van der Waals surface area contributed by atoms with Gasteiger partial charge in [0, 0.05) is 32.7 Å². The van der Waals surface area contributed by atoms with Crippen LogP contribution in [0, 0.1) is 11.7 Å². The van der Waals surface area contributed by atoms with Crippen LogP contribution in [0.2, 0.25) is 0 Å². The molecule has 2 atom stereocenters. The molecule has 4 amide bonds. The third kappa shape index (κ3) is 4.50. The maximum atomic E-state index is 13.4. The van der Waals surface area contributed by atoms with Crippen LogP contribution in [-0.4, -0.2) is 54.1 Å². The van der Waals surface area contributed by atoms with E-state index in [0.29, 0.717) is 25.6 Å². The minimum Gasteiger partial charge on any atom is -0.341 e. The SMILES string of the molecule is CNC(=O)N1CC(C)CC(N(C(=O)NCc2ccc3cc(F)ccc3c2)C2CC2)C1. The van der Waals surface area contributed by atoms with Gasteiger partial charge < -0.3 is 20.4 Å². The topological polar surface area (TPSA) is 64.7 Å². The van der Waals surface area contributed by atoms with Crippen LogP contribution in [0.3, 0.4) is 0 Å². The Morgan fingerprint density at radius 2 is 1.83 bits per heavy atom. The molecule has 2 aromatic rings. The average Bonchev–Trinajstić information content (AvgIpc) is 3.56. The van der Waals surface area contributed by atoms with Crippen LogP contribution in [-0.2, 0) is 6.54 Å². The Morgan fingerprint density at radius 1 is 1.10 bits per heavy atom. The first-order chi connectivity index (χ1) is 14.4. The highest BCUT2D eigenvalue weighted by atomic mass is 19.1. The number of halogens is 1. The standard InChI is InChI=1S/C23H29FN4O2/c1-15-9-21(14-27(13-15)22(29)25-2)28(20-7-8-20)23(30)26-12-16-3-4-18-11-19(24)6-5-17(18)10-16/h3-6,10-11,15,20-21H,7-9,12-14H2,1-2H3,(H,25,29)(H,26,30). The molecule has 0 aromatic heterocycles. The lowest BCUT2D eigenvalue weighted by molar-refractivity contribution is 0.0955. The van der Waals surface area contributed by atoms with Crippen molar-refractivity contribution in [2.75, 3.05) is 20.1 Å². The number of fused-ring (bicyclic) bond motifs is 1. The predicted octanol–water partition coefficient (Wildman–Crippen LogP) is 3.70. The number of amides is 4. The van der Waals surface area contributed by atoms with E-state index in [4.69, 9.17) is 0 Å². The van der Waals surface area contributed by atoms with E-state index in [1.54, 1.807) is 13.1 Å². The van der Waals surface area contributed by atoms with Crippen molar-refractivity contribution in [2.24, 2.45) is 5.92 Å². The maximum Gasteiger partial charge on any atom is 0.318 e. The summed E-state index contributed by atoms with van der Waals surface area (Å²) in [7, 11) is 1.64. The van der Waals surface area contributed by atoms with Crippen molar-refractivity contribution in [1.29, 1.82) is 0 Å². The molecule has 1 heterocycles. The number of likely N-dealkylation sites (tertiary alicyclic amines) is 1. The van der Waals surface area contributed by atoms with Crippen LogP contribution in [0.4, 0.5) is 14.0 Å². The molecule has 1 aliphatic heterocycles. The molecule has 2 fully saturated rings. The second-order valence-corrected chi connectivity index (χ2v) is 8.58. The van der Waals surface area contributed by atoms with Gasteiger partial charge >= 0.3 is 12.1 Å². The first-order valence-corrected chi connectivity index (χ1v) is 10.7. The summed E-state index contributed by atoms with van der Waals surface area (Å²) in [5, 5.41) is 7.55. The Kier molecular flexibility index (Phi) is 5.79. The molecular weight excluding hydrogens is 383 g/mol. The van der Waals surface area contributed by atoms with Crippen LogP contribution in [0.5, 0.6) is 0 Å². The summed E-state index contributed by atoms with van der Waals surface area (Å²) in [5.41, 5.74) is 0.974. The van der Waals surface area contributed by atoms with E-state index in [9.17, 15) is 14.0 Å². The Labute approximate surface area is 176 Å². The van der Waals surface area contributed by atoms with Gasteiger partial charge in [-0.2, -0.15) is 0 Å². The Morgan fingerprint density at radius 3 is 2.57 bits per heavy atom. The van der Waals surface area contributed by atoms with Crippen LogP contribution in [0.25, 0.3) is 10.8 Å². The average molecular weight is 413 g/mol. The van der Waals surface area contributed by atoms with Crippen molar-refractivity contribution in [3.05, 3.63) is 47.8 Å². The van der Waals surface area contributed by atoms with E-state index >= 15 is 0 Å². The maximum absolute atomic E-state index is 13.4. The number of benzene rings is 2. The minimum absolute atomic E-state index is 0.0260. The second-order valence-electron chi connectivity index (χ2n) is 8.58. The number of nitrogens with zero attached hydrogens (tertiary/aromatic N) is 2. The third-order valence-electron chi connectivity index (χ3n) is 6.02. The van der Waals surface area contributed by atoms with Gasteiger partial charge in [0.1, 0.15) is 5.82 Å². The molecule has 6 nitrogen and oxygen atoms in total. The molecule has 0 bridgehead atoms. The number of hydrogen-bond donors (Lipinski definition) is 2. The molecule has 1 aliphatic carbocycles. The molecule has 2 N–H and O–H groups in total. The van der Waals surface area contributed by atoms with E-state index in [1.807, 2.05) is 28.0 Å². The number of carbonyl (C=O) groups excluding carboxylic acids is 2. The Hall–Kier alpha value is -2.83. The monoisotopic (exact) mass is 412 g/mol. The molecule has 4 rings (SSSR count). The largest absolute Gasteiger partial charge is 0.341 e. The lowest BCUT2D eigenvalue weighted by atomic mass is 9.95. The summed E-state index contributed by atoms with van der Waals surface area (Å²) in [6.07, 6.45) is 2.93. The minimum atomic E-state index is -0.254. The van der Waals surface area contributed by atoms with Crippen molar-refractivity contribution in [1.82, 2.24) is 20.4 Å². The van der Waals surface area contributed by atoms with Crippen molar-refractivity contribution in [3.63, 3.8) is 0 Å². The van der Waals surface area contributed by atoms with Crippen LogP contribution in [0.15, 0.2) is 36.4 Å². The summed E-state index contributed by atoms with van der Waals surface area (Å²) < 4.78 is 13.4. The fourth-order valence-electron chi connectivity index (χ4n) is 4.47. The molecule has 160 valence electrons. The van der Waals surface area contributed by atoms with Gasteiger partial charge in [-0.3, -0.25) is 0 Å². The summed E-state index contributed by atoms with van der Waals surface area (Å²) in [6.45, 7) is 3.82. The first kappa shape index (κ1) is 20.4. The molecule has 2 unspecified atom stereocenters. The quantitative estimate of drug-likeness (QED) is 0.804. The smallest absolute Gasteiger partial charge is 0.318 e. The van der Waals surface area contributed by atoms with Crippen LogP contribution in [0.1, 0.15) is 31.7 Å². The van der Waals surface area contributed by atoms with Gasteiger partial charge in [0.25, 0.3) is 0 Å². The molecule has 1 saturated carbocycles. The highest BCUT2D eigenvalue weighted by molar-refractivity contribution is 5.83. The van der Waals surface area contributed by atoms with Crippen molar-refractivity contribution >= 4 is 22.8 Å². The van der Waals surface area contributed by atoms with Gasteiger partial charge in [-0.25, -0.2) is 14.0 Å². The summed E-state index contributed by atoms with van der Waals surface area (Å²) in [6, 6.07) is 10.6. The zero-order valence-corrected chi connectivity index (χ0v) is 17.5. The molecule has 0 spiro atoms. The van der Waals surface area contributed by atoms with Crippen molar-refractivity contribution in [3.8, 4) is 0 Å². The predicted molar refractivity (Wildman–Crippen MR) is 115 cm³/mol. The molecule has 0 radical (unpaired) electrons. The zero-order valence-electron chi connectivity index (χ0n) is 17.5. The molecule has 1 saturated heterocycles. The van der Waals surface area contributed by atoms with Gasteiger partial charge in [-0.15, -0.1) is 0 Å². The normalized spacial score (nSPS) is 21.4. The molecule has 7 heteroatoms. The van der Waals surface area contributed by atoms with Crippen LogP contribution < -0.4 is 10.6 Å². The van der Waals surface area contributed by atoms with E-state index in [-0.39, 0.29) is 30.0 Å². The van der Waals surface area contributed by atoms with E-state index < -0.39 is 0 Å². The number of hydrogen-bond acceptors (Lipinski definition) is 2. The fourth-order valence-corrected chi connectivity index (χ4v) is 4.47. The highest BCUT2D eigenvalue weighted by Gasteiger charge is 2.41. The molecular formula is C23H29FN4O2. The molecule has 30 heavy (non-hydrogen) atoms. The van der Waals surface area contributed by atoms with Crippen molar-refractivity contribution < 1.29 is 14.0 Å². The fraction of sp³-hybridized carbons (Fsp3) is 0.478. The number of nitrogens with one attached hydrogen (secondary N) is 2. The van der Waals surface area contributed by atoms with E-state index in [2.05, 4.69) is 17.6 Å². The zero-order chi connectivity index (χ0) is 21.3. The number of piperidine rings is 1. The Bertz CT molecular complexity index is 946. The molecule has 2 aliphatic rings. The van der Waals surface area contributed by atoms with Gasteiger partial charge in [-0.05, 0) is 59.7 Å². The number of urea groups is 2. The highest BCUT2D eigenvalue weighted by Crippen LogP contribution is 2.32. The lowest BCUT2D eigenvalue weighted by Crippen LogP contribution is -2.57. The summed E-state index contributed by atoms with van der Waals surface area (Å²) in [4.78, 5) is 29.0. The lowest BCUT2D eigenvalue weighted by Gasteiger charge is -2.42. The van der Waals surface area contributed by atoms with Gasteiger partial charge in [0.15, 0.2) is 0 Å². The van der Waals surface area contributed by atoms with E-state index in [0.717, 1.165) is 35.6 Å². The van der Waals surface area contributed by atoms with E-state index in [1.165, 1.54) is 12.1 Å². The first-order valence-electron chi connectivity index (χ1n) is 10.7. The molecule has 2 aromatic carbocycles. The summed E-state index contributed by atoms with van der Waals surface area (Å²) >= 11 is 0.